The van der Waals surface area contributed by atoms with Gasteiger partial charge < -0.3 is 10.1 Å². The Balaban J connectivity index is 2.21. The van der Waals surface area contributed by atoms with Crippen LogP contribution in [0.3, 0.4) is 0 Å². The van der Waals surface area contributed by atoms with Crippen LogP contribution in [0.1, 0.15) is 5.56 Å². The largest absolute Gasteiger partial charge is 0.481 e. The van der Waals surface area contributed by atoms with Crippen LogP contribution in [0.25, 0.3) is 10.4 Å². The quantitative estimate of drug-likeness (QED) is 0.882. The van der Waals surface area contributed by atoms with E-state index in [0.29, 0.717) is 5.88 Å². The van der Waals surface area contributed by atoms with Crippen LogP contribution in [0.15, 0.2) is 29.8 Å². The van der Waals surface area contributed by atoms with Crippen LogP contribution in [0.2, 0.25) is 0 Å². The Hall–Kier alpha value is -1.39. The molecule has 2 aromatic rings. The lowest BCUT2D eigenvalue weighted by Gasteiger charge is -1.99. The number of ether oxygens (including phenoxy) is 1. The maximum absolute atomic E-state index is 5.03. The Labute approximate surface area is 99.1 Å². The standard InChI is InChI=1S/C12H14N2OS/c1-13-6-9-5-11(16-8-9)10-3-4-12(15-2)14-7-10/h3-5,7-8,13H,6H2,1-2H3. The molecule has 0 saturated carbocycles. The summed E-state index contributed by atoms with van der Waals surface area (Å²) in [5.41, 5.74) is 2.44. The topological polar surface area (TPSA) is 34.1 Å². The highest BCUT2D eigenvalue weighted by Crippen LogP contribution is 2.27. The summed E-state index contributed by atoms with van der Waals surface area (Å²) < 4.78 is 5.03. The molecule has 0 atom stereocenters. The predicted octanol–water partition coefficient (Wildman–Crippen LogP) is 2.54. The van der Waals surface area contributed by atoms with E-state index in [1.165, 1.54) is 10.4 Å². The molecular weight excluding hydrogens is 220 g/mol. The van der Waals surface area contributed by atoms with Crippen molar-refractivity contribution in [3.63, 3.8) is 0 Å². The van der Waals surface area contributed by atoms with Crippen molar-refractivity contribution in [2.45, 2.75) is 6.54 Å². The minimum atomic E-state index is 0.649. The van der Waals surface area contributed by atoms with Crippen molar-refractivity contribution in [3.8, 4) is 16.3 Å². The molecular formula is C12H14N2OS. The van der Waals surface area contributed by atoms with Crippen LogP contribution < -0.4 is 10.1 Å². The summed E-state index contributed by atoms with van der Waals surface area (Å²) in [6.07, 6.45) is 1.84. The number of methoxy groups -OCH3 is 1. The van der Waals surface area contributed by atoms with Crippen molar-refractivity contribution in [1.29, 1.82) is 0 Å². The molecule has 16 heavy (non-hydrogen) atoms. The first-order chi connectivity index (χ1) is 7.83. The van der Waals surface area contributed by atoms with Gasteiger partial charge in [-0.1, -0.05) is 0 Å². The van der Waals surface area contributed by atoms with Crippen molar-refractivity contribution in [3.05, 3.63) is 35.3 Å². The summed E-state index contributed by atoms with van der Waals surface area (Å²) in [6, 6.07) is 6.10. The SMILES string of the molecule is CNCc1csc(-c2ccc(OC)nc2)c1. The zero-order valence-corrected chi connectivity index (χ0v) is 10.2. The number of nitrogens with one attached hydrogen (secondary N) is 1. The smallest absolute Gasteiger partial charge is 0.212 e. The third-order valence-corrected chi connectivity index (χ3v) is 3.29. The number of rotatable bonds is 4. The fourth-order valence-electron chi connectivity index (χ4n) is 1.47. The number of hydrogen-bond acceptors (Lipinski definition) is 4. The molecule has 4 heteroatoms. The molecule has 0 amide bonds. The van der Waals surface area contributed by atoms with Gasteiger partial charge >= 0.3 is 0 Å². The van der Waals surface area contributed by atoms with Gasteiger partial charge in [0.1, 0.15) is 0 Å². The van der Waals surface area contributed by atoms with Crippen LogP contribution in [0, 0.1) is 0 Å². The molecule has 1 N–H and O–H groups in total. The first-order valence-electron chi connectivity index (χ1n) is 5.06. The minimum absolute atomic E-state index is 0.649. The van der Waals surface area contributed by atoms with Gasteiger partial charge in [-0.15, -0.1) is 11.3 Å². The predicted molar refractivity (Wildman–Crippen MR) is 66.9 cm³/mol. The van der Waals surface area contributed by atoms with E-state index in [1.807, 2.05) is 25.4 Å². The van der Waals surface area contributed by atoms with E-state index in [1.54, 1.807) is 18.4 Å². The molecule has 84 valence electrons. The van der Waals surface area contributed by atoms with Gasteiger partial charge in [0.15, 0.2) is 0 Å². The van der Waals surface area contributed by atoms with Gasteiger partial charge in [-0.2, -0.15) is 0 Å². The fourth-order valence-corrected chi connectivity index (χ4v) is 2.38. The Morgan fingerprint density at radius 3 is 2.94 bits per heavy atom. The third kappa shape index (κ3) is 2.40. The van der Waals surface area contributed by atoms with Crippen LogP contribution in [-0.2, 0) is 6.54 Å². The highest BCUT2D eigenvalue weighted by Gasteiger charge is 2.03. The molecule has 0 aliphatic heterocycles. The molecule has 0 spiro atoms. The van der Waals surface area contributed by atoms with Gasteiger partial charge in [-0.25, -0.2) is 4.98 Å². The number of nitrogens with zero attached hydrogens (tertiary/aromatic N) is 1. The molecule has 0 aliphatic carbocycles. The van der Waals surface area contributed by atoms with E-state index < -0.39 is 0 Å². The zero-order valence-electron chi connectivity index (χ0n) is 9.36. The van der Waals surface area contributed by atoms with Gasteiger partial charge in [0.25, 0.3) is 0 Å². The minimum Gasteiger partial charge on any atom is -0.481 e. The first kappa shape index (κ1) is 11.1. The number of hydrogen-bond donors (Lipinski definition) is 1. The molecule has 0 aromatic carbocycles. The molecule has 0 aliphatic rings. The fraction of sp³-hybridized carbons (Fsp3) is 0.250. The summed E-state index contributed by atoms with van der Waals surface area (Å²) in [4.78, 5) is 5.43. The van der Waals surface area contributed by atoms with E-state index in [4.69, 9.17) is 4.74 Å². The lowest BCUT2D eigenvalue weighted by atomic mass is 10.2. The number of aromatic nitrogens is 1. The summed E-state index contributed by atoms with van der Waals surface area (Å²) in [5.74, 6) is 0.649. The highest BCUT2D eigenvalue weighted by atomic mass is 32.1. The van der Waals surface area contributed by atoms with Gasteiger partial charge in [0.05, 0.1) is 7.11 Å². The average Bonchev–Trinajstić information content (AvgIpc) is 2.78. The maximum Gasteiger partial charge on any atom is 0.212 e. The zero-order chi connectivity index (χ0) is 11.4. The van der Waals surface area contributed by atoms with E-state index >= 15 is 0 Å². The third-order valence-electron chi connectivity index (χ3n) is 2.26. The summed E-state index contributed by atoms with van der Waals surface area (Å²) in [7, 11) is 3.57. The van der Waals surface area contributed by atoms with Crippen LogP contribution in [0.5, 0.6) is 5.88 Å². The van der Waals surface area contributed by atoms with Crippen molar-refractivity contribution in [2.75, 3.05) is 14.2 Å². The summed E-state index contributed by atoms with van der Waals surface area (Å²) >= 11 is 1.74. The van der Waals surface area contributed by atoms with Gasteiger partial charge in [-0.05, 0) is 30.1 Å². The normalized spacial score (nSPS) is 10.4. The summed E-state index contributed by atoms with van der Waals surface area (Å²) in [5, 5.41) is 5.30. The first-order valence-corrected chi connectivity index (χ1v) is 5.94. The maximum atomic E-state index is 5.03. The van der Waals surface area contributed by atoms with Crippen LogP contribution in [-0.4, -0.2) is 19.1 Å². The Morgan fingerprint density at radius 1 is 1.44 bits per heavy atom. The van der Waals surface area contributed by atoms with Crippen molar-refractivity contribution >= 4 is 11.3 Å². The van der Waals surface area contributed by atoms with Crippen molar-refractivity contribution < 1.29 is 4.74 Å². The van der Waals surface area contributed by atoms with E-state index in [0.717, 1.165) is 12.1 Å². The second-order valence-corrected chi connectivity index (χ2v) is 4.35. The lowest BCUT2D eigenvalue weighted by molar-refractivity contribution is 0.398. The summed E-state index contributed by atoms with van der Waals surface area (Å²) in [6.45, 7) is 0.903. The van der Waals surface area contributed by atoms with E-state index in [9.17, 15) is 0 Å². The molecule has 2 rings (SSSR count). The van der Waals surface area contributed by atoms with Crippen LogP contribution in [0.4, 0.5) is 0 Å². The molecule has 0 unspecified atom stereocenters. The van der Waals surface area contributed by atoms with Crippen molar-refractivity contribution in [1.82, 2.24) is 10.3 Å². The Morgan fingerprint density at radius 2 is 2.31 bits per heavy atom. The van der Waals surface area contributed by atoms with Gasteiger partial charge in [0, 0.05) is 29.2 Å². The Bertz CT molecular complexity index is 450. The Kier molecular flexibility index (Phi) is 3.54. The monoisotopic (exact) mass is 234 g/mol. The highest BCUT2D eigenvalue weighted by molar-refractivity contribution is 7.13. The second kappa shape index (κ2) is 5.09. The number of thiophene rings is 1. The molecule has 0 radical (unpaired) electrons. The number of pyridine rings is 1. The average molecular weight is 234 g/mol. The molecule has 2 heterocycles. The van der Waals surface area contributed by atoms with Crippen molar-refractivity contribution in [2.24, 2.45) is 0 Å². The van der Waals surface area contributed by atoms with E-state index in [2.05, 4.69) is 21.7 Å². The van der Waals surface area contributed by atoms with Gasteiger partial charge in [0.2, 0.25) is 5.88 Å². The van der Waals surface area contributed by atoms with Crippen LogP contribution >= 0.6 is 11.3 Å². The van der Waals surface area contributed by atoms with Gasteiger partial charge in [-0.3, -0.25) is 0 Å². The second-order valence-electron chi connectivity index (χ2n) is 3.44. The molecule has 0 fully saturated rings. The molecule has 2 aromatic heterocycles. The molecule has 3 nitrogen and oxygen atoms in total. The lowest BCUT2D eigenvalue weighted by Crippen LogP contribution is -2.03. The molecule has 0 bridgehead atoms. The molecule has 0 saturated heterocycles. The van der Waals surface area contributed by atoms with E-state index in [-0.39, 0.29) is 0 Å².